The van der Waals surface area contributed by atoms with Gasteiger partial charge in [0.1, 0.15) is 0 Å². The first-order valence-electron chi connectivity index (χ1n) is 10.4. The molecule has 3 heterocycles. The summed E-state index contributed by atoms with van der Waals surface area (Å²) < 4.78 is 0. The highest BCUT2D eigenvalue weighted by molar-refractivity contribution is 5.86. The quantitative estimate of drug-likeness (QED) is 0.457. The summed E-state index contributed by atoms with van der Waals surface area (Å²) in [5.74, 6) is 0. The number of hydrogen-bond acceptors (Lipinski definition) is 6. The second-order valence-corrected chi connectivity index (χ2v) is 8.38. The van der Waals surface area contributed by atoms with E-state index in [9.17, 15) is 0 Å². The Morgan fingerprint density at radius 2 is 1.71 bits per heavy atom. The van der Waals surface area contributed by atoms with Crippen molar-refractivity contribution in [2.75, 3.05) is 33.5 Å². The van der Waals surface area contributed by atoms with E-state index in [1.54, 1.807) is 0 Å². The molecular weight excluding hydrogens is 386 g/mol. The number of nitrogens with one attached hydrogen (secondary N) is 2. The van der Waals surface area contributed by atoms with Gasteiger partial charge in [-0.1, -0.05) is 6.07 Å². The molecule has 2 N–H and O–H groups in total. The summed E-state index contributed by atoms with van der Waals surface area (Å²) in [6, 6.07) is 12.7. The van der Waals surface area contributed by atoms with Crippen molar-refractivity contribution in [1.82, 2.24) is 30.0 Å². The summed E-state index contributed by atoms with van der Waals surface area (Å²) in [7, 11) is 8.21. The summed E-state index contributed by atoms with van der Waals surface area (Å²) in [6.07, 6.45) is 5.72. The van der Waals surface area contributed by atoms with E-state index >= 15 is 0 Å². The molecule has 0 aliphatic rings. The second-order valence-electron chi connectivity index (χ2n) is 8.38. The van der Waals surface area contributed by atoms with E-state index in [-0.39, 0.29) is 0 Å². The number of benzene rings is 1. The van der Waals surface area contributed by atoms with E-state index in [0.717, 1.165) is 52.2 Å². The Balaban J connectivity index is 1.52. The first-order valence-corrected chi connectivity index (χ1v) is 10.4. The number of nitrogens with zero attached hydrogens (tertiary/aromatic N) is 5. The van der Waals surface area contributed by atoms with Crippen molar-refractivity contribution in [3.05, 3.63) is 71.9 Å². The summed E-state index contributed by atoms with van der Waals surface area (Å²) >= 11 is 0. The fourth-order valence-corrected chi connectivity index (χ4v) is 3.61. The Kier molecular flexibility index (Phi) is 6.25. The standard InChI is InChI=1S/C24H29N7/c1-30(2)15-17-9-19(12-25-11-17)18-5-8-23-22(10-18)24(29-28-23)14-27-20-6-7-21(26-13-20)16-31(3)4/h5-13,27H,14-16H2,1-4H3,(H,28,29). The van der Waals surface area contributed by atoms with Crippen LogP contribution in [0.1, 0.15) is 17.0 Å². The highest BCUT2D eigenvalue weighted by atomic mass is 15.1. The van der Waals surface area contributed by atoms with Crippen LogP contribution in [0.3, 0.4) is 0 Å². The number of aromatic nitrogens is 4. The number of pyridine rings is 2. The third kappa shape index (κ3) is 5.25. The third-order valence-electron chi connectivity index (χ3n) is 5.03. The molecule has 7 nitrogen and oxygen atoms in total. The van der Waals surface area contributed by atoms with Crippen LogP contribution in [0.2, 0.25) is 0 Å². The average molecular weight is 416 g/mol. The van der Waals surface area contributed by atoms with Crippen LogP contribution >= 0.6 is 0 Å². The molecule has 0 amide bonds. The zero-order valence-electron chi connectivity index (χ0n) is 18.6. The molecule has 0 spiro atoms. The van der Waals surface area contributed by atoms with Crippen LogP contribution in [0.15, 0.2) is 55.0 Å². The molecule has 0 unspecified atom stereocenters. The van der Waals surface area contributed by atoms with Crippen molar-refractivity contribution in [3.8, 4) is 11.1 Å². The molecule has 4 aromatic rings. The van der Waals surface area contributed by atoms with Gasteiger partial charge in [0.2, 0.25) is 0 Å². The lowest BCUT2D eigenvalue weighted by Gasteiger charge is -2.11. The molecule has 3 aromatic heterocycles. The van der Waals surface area contributed by atoms with E-state index in [2.05, 4.69) is 85.8 Å². The number of anilines is 1. The van der Waals surface area contributed by atoms with Gasteiger partial charge in [0.05, 0.1) is 35.3 Å². The van der Waals surface area contributed by atoms with Crippen molar-refractivity contribution >= 4 is 16.6 Å². The lowest BCUT2D eigenvalue weighted by Crippen LogP contribution is -2.11. The molecule has 0 saturated carbocycles. The van der Waals surface area contributed by atoms with E-state index in [4.69, 9.17) is 0 Å². The Labute approximate surface area is 183 Å². The maximum atomic E-state index is 4.52. The molecule has 0 aliphatic carbocycles. The maximum absolute atomic E-state index is 4.52. The molecule has 0 aliphatic heterocycles. The summed E-state index contributed by atoms with van der Waals surface area (Å²) in [6.45, 7) is 2.34. The molecule has 0 saturated heterocycles. The van der Waals surface area contributed by atoms with Gasteiger partial charge in [-0.3, -0.25) is 15.1 Å². The minimum absolute atomic E-state index is 0.646. The van der Waals surface area contributed by atoms with Crippen LogP contribution in [-0.4, -0.2) is 58.2 Å². The third-order valence-corrected chi connectivity index (χ3v) is 5.03. The van der Waals surface area contributed by atoms with E-state index in [1.807, 2.05) is 32.7 Å². The molecule has 31 heavy (non-hydrogen) atoms. The molecule has 7 heteroatoms. The molecular formula is C24H29N7. The molecule has 4 rings (SSSR count). The predicted octanol–water partition coefficient (Wildman–Crippen LogP) is 3.76. The van der Waals surface area contributed by atoms with Gasteiger partial charge in [0.15, 0.2) is 0 Å². The molecule has 160 valence electrons. The fraction of sp³-hybridized carbons (Fsp3) is 0.292. The maximum Gasteiger partial charge on any atom is 0.0924 e. The zero-order chi connectivity index (χ0) is 21.8. The molecule has 0 bridgehead atoms. The Morgan fingerprint density at radius 3 is 2.45 bits per heavy atom. The first-order chi connectivity index (χ1) is 15.0. The van der Waals surface area contributed by atoms with E-state index in [1.165, 1.54) is 5.56 Å². The van der Waals surface area contributed by atoms with Gasteiger partial charge in [0.25, 0.3) is 0 Å². The normalized spacial score (nSPS) is 11.5. The van der Waals surface area contributed by atoms with Crippen molar-refractivity contribution in [3.63, 3.8) is 0 Å². The number of fused-ring (bicyclic) bond motifs is 1. The molecule has 0 radical (unpaired) electrons. The highest BCUT2D eigenvalue weighted by Gasteiger charge is 2.09. The van der Waals surface area contributed by atoms with E-state index in [0.29, 0.717) is 6.54 Å². The van der Waals surface area contributed by atoms with Crippen LogP contribution in [0, 0.1) is 0 Å². The van der Waals surface area contributed by atoms with Gasteiger partial charge in [0, 0.05) is 36.4 Å². The first kappa shape index (κ1) is 21.0. The topological polar surface area (TPSA) is 73.0 Å². The summed E-state index contributed by atoms with van der Waals surface area (Å²) in [4.78, 5) is 13.2. The van der Waals surface area contributed by atoms with Crippen LogP contribution < -0.4 is 5.32 Å². The summed E-state index contributed by atoms with van der Waals surface area (Å²) in [5.41, 5.74) is 7.49. The van der Waals surface area contributed by atoms with Crippen molar-refractivity contribution in [2.24, 2.45) is 0 Å². The van der Waals surface area contributed by atoms with Gasteiger partial charge < -0.3 is 15.1 Å². The minimum atomic E-state index is 0.646. The van der Waals surface area contributed by atoms with Crippen LogP contribution in [0.25, 0.3) is 22.0 Å². The number of H-pyrrole nitrogens is 1. The fourth-order valence-electron chi connectivity index (χ4n) is 3.61. The summed E-state index contributed by atoms with van der Waals surface area (Å²) in [5, 5.41) is 12.2. The monoisotopic (exact) mass is 415 g/mol. The van der Waals surface area contributed by atoms with Crippen molar-refractivity contribution in [2.45, 2.75) is 19.6 Å². The number of hydrogen-bond donors (Lipinski definition) is 2. The van der Waals surface area contributed by atoms with E-state index < -0.39 is 0 Å². The van der Waals surface area contributed by atoms with Gasteiger partial charge in [-0.15, -0.1) is 0 Å². The average Bonchev–Trinajstić information content (AvgIpc) is 3.15. The van der Waals surface area contributed by atoms with Gasteiger partial charge >= 0.3 is 0 Å². The number of aromatic amines is 1. The predicted molar refractivity (Wildman–Crippen MR) is 126 cm³/mol. The lowest BCUT2D eigenvalue weighted by molar-refractivity contribution is 0.397. The molecule has 1 aromatic carbocycles. The Hall–Kier alpha value is -3.29. The minimum Gasteiger partial charge on any atom is -0.378 e. The van der Waals surface area contributed by atoms with Crippen LogP contribution in [-0.2, 0) is 19.6 Å². The molecule has 0 fully saturated rings. The Morgan fingerprint density at radius 1 is 0.871 bits per heavy atom. The van der Waals surface area contributed by atoms with Crippen LogP contribution in [0.4, 0.5) is 5.69 Å². The van der Waals surface area contributed by atoms with Gasteiger partial charge in [-0.25, -0.2) is 0 Å². The molecule has 0 atom stereocenters. The Bertz CT molecular complexity index is 1150. The zero-order valence-corrected chi connectivity index (χ0v) is 18.6. The second kappa shape index (κ2) is 9.24. The van der Waals surface area contributed by atoms with Gasteiger partial charge in [-0.2, -0.15) is 5.10 Å². The van der Waals surface area contributed by atoms with Crippen molar-refractivity contribution < 1.29 is 0 Å². The lowest BCUT2D eigenvalue weighted by atomic mass is 10.0. The SMILES string of the molecule is CN(C)Cc1cncc(-c2ccc3n[nH]c(CNc4ccc(CN(C)C)nc4)c3c2)c1. The van der Waals surface area contributed by atoms with Crippen LogP contribution in [0.5, 0.6) is 0 Å². The largest absolute Gasteiger partial charge is 0.378 e. The van der Waals surface area contributed by atoms with Crippen molar-refractivity contribution in [1.29, 1.82) is 0 Å². The highest BCUT2D eigenvalue weighted by Crippen LogP contribution is 2.26. The smallest absolute Gasteiger partial charge is 0.0924 e. The van der Waals surface area contributed by atoms with Gasteiger partial charge in [-0.05, 0) is 69.6 Å². The number of rotatable bonds is 8.